The van der Waals surface area contributed by atoms with Gasteiger partial charge < -0.3 is 24.6 Å². The average molecular weight is 265 g/mol. The SMILES string of the molecule is COC(=O)OCON=[N+]([O-])N(C)CCCC(=O)O. The topological polar surface area (TPSA) is 124 Å². The largest absolute Gasteiger partial charge is 0.569 e. The van der Waals surface area contributed by atoms with Gasteiger partial charge in [-0.2, -0.15) is 0 Å². The fourth-order valence-corrected chi connectivity index (χ4v) is 0.813. The van der Waals surface area contributed by atoms with Crippen LogP contribution in [0.2, 0.25) is 0 Å². The number of hydrogen-bond donors (Lipinski definition) is 1. The zero-order valence-electron chi connectivity index (χ0n) is 10.1. The van der Waals surface area contributed by atoms with E-state index < -0.39 is 18.9 Å². The Labute approximate surface area is 103 Å². The van der Waals surface area contributed by atoms with Gasteiger partial charge in [0.05, 0.1) is 25.7 Å². The third-order valence-electron chi connectivity index (χ3n) is 1.69. The molecule has 1 N–H and O–H groups in total. The number of hydrogen-bond acceptors (Lipinski definition) is 7. The number of carbonyl (C=O) groups excluding carboxylic acids is 1. The Kier molecular flexibility index (Phi) is 7.73. The highest BCUT2D eigenvalue weighted by Crippen LogP contribution is 1.95. The number of ether oxygens (including phenoxy) is 2. The van der Waals surface area contributed by atoms with Gasteiger partial charge in [-0.15, -0.1) is 5.01 Å². The zero-order valence-corrected chi connectivity index (χ0v) is 10.1. The van der Waals surface area contributed by atoms with E-state index in [1.165, 1.54) is 7.05 Å². The maximum absolute atomic E-state index is 11.2. The molecule has 0 rings (SSSR count). The molecule has 10 nitrogen and oxygen atoms in total. The van der Waals surface area contributed by atoms with Crippen LogP contribution in [0.3, 0.4) is 0 Å². The summed E-state index contributed by atoms with van der Waals surface area (Å²) in [5.74, 6) is -0.944. The molecule has 18 heavy (non-hydrogen) atoms. The average Bonchev–Trinajstić information content (AvgIpc) is 2.33. The number of methoxy groups -OCH3 is 1. The molecule has 0 aliphatic rings. The van der Waals surface area contributed by atoms with E-state index in [9.17, 15) is 14.8 Å². The lowest BCUT2D eigenvalue weighted by Gasteiger charge is -2.11. The predicted octanol–water partition coefficient (Wildman–Crippen LogP) is 0.333. The molecule has 0 aromatic carbocycles. The van der Waals surface area contributed by atoms with Crippen LogP contribution in [0.15, 0.2) is 5.28 Å². The molecule has 0 saturated carbocycles. The van der Waals surface area contributed by atoms with E-state index >= 15 is 0 Å². The molecule has 0 unspecified atom stereocenters. The molecular formula is C8H15N3O7. The highest BCUT2D eigenvalue weighted by atomic mass is 16.8. The fourth-order valence-electron chi connectivity index (χ4n) is 0.813. The summed E-state index contributed by atoms with van der Waals surface area (Å²) in [6.07, 6.45) is -0.721. The van der Waals surface area contributed by atoms with Gasteiger partial charge in [-0.3, -0.25) is 4.79 Å². The maximum atomic E-state index is 11.2. The number of rotatable bonds is 8. The summed E-state index contributed by atoms with van der Waals surface area (Å²) < 4.78 is 8.43. The number of carboxylic acid groups (broad SMARTS) is 1. The minimum Gasteiger partial charge on any atom is -0.569 e. The van der Waals surface area contributed by atoms with Crippen molar-refractivity contribution < 1.29 is 34.0 Å². The van der Waals surface area contributed by atoms with Crippen LogP contribution < -0.4 is 0 Å². The summed E-state index contributed by atoms with van der Waals surface area (Å²) in [4.78, 5) is 25.2. The first-order valence-electron chi connectivity index (χ1n) is 4.91. The van der Waals surface area contributed by atoms with Crippen LogP contribution >= 0.6 is 0 Å². The molecule has 0 amide bonds. The lowest BCUT2D eigenvalue weighted by Crippen LogP contribution is -2.28. The summed E-state index contributed by atoms with van der Waals surface area (Å²) in [5.41, 5.74) is 0. The molecule has 0 aliphatic carbocycles. The van der Waals surface area contributed by atoms with E-state index in [1.54, 1.807) is 0 Å². The summed E-state index contributed by atoms with van der Waals surface area (Å²) >= 11 is 0. The van der Waals surface area contributed by atoms with Gasteiger partial charge in [-0.1, -0.05) is 0 Å². The lowest BCUT2D eigenvalue weighted by molar-refractivity contribution is -0.706. The van der Waals surface area contributed by atoms with Crippen LogP contribution in [-0.2, 0) is 19.1 Å². The van der Waals surface area contributed by atoms with Crippen molar-refractivity contribution in [2.24, 2.45) is 5.28 Å². The molecule has 0 saturated heterocycles. The molecule has 0 aromatic rings. The summed E-state index contributed by atoms with van der Waals surface area (Å²) in [5, 5.41) is 23.7. The van der Waals surface area contributed by atoms with Gasteiger partial charge >= 0.3 is 12.1 Å². The molecule has 0 heterocycles. The molecule has 0 bridgehead atoms. The van der Waals surface area contributed by atoms with Crippen LogP contribution in [0.1, 0.15) is 12.8 Å². The Balaban J connectivity index is 3.79. The van der Waals surface area contributed by atoms with Crippen LogP contribution in [0, 0.1) is 5.21 Å². The van der Waals surface area contributed by atoms with Crippen molar-refractivity contribution in [2.75, 3.05) is 27.5 Å². The van der Waals surface area contributed by atoms with Crippen molar-refractivity contribution >= 4 is 12.1 Å². The summed E-state index contributed by atoms with van der Waals surface area (Å²) in [7, 11) is 2.53. The third-order valence-corrected chi connectivity index (χ3v) is 1.69. The molecule has 0 spiro atoms. The van der Waals surface area contributed by atoms with Crippen molar-refractivity contribution in [3.63, 3.8) is 0 Å². The first kappa shape index (κ1) is 15.7. The van der Waals surface area contributed by atoms with Crippen LogP contribution in [0.5, 0.6) is 0 Å². The van der Waals surface area contributed by atoms with Gasteiger partial charge in [0.2, 0.25) is 5.28 Å². The van der Waals surface area contributed by atoms with Gasteiger partial charge in [0.15, 0.2) is 0 Å². The second kappa shape index (κ2) is 8.84. The van der Waals surface area contributed by atoms with Crippen LogP contribution in [0.25, 0.3) is 0 Å². The summed E-state index contributed by atoms with van der Waals surface area (Å²) in [6.45, 7) is -0.366. The van der Waals surface area contributed by atoms with E-state index in [2.05, 4.69) is 19.6 Å². The molecular weight excluding hydrogens is 250 g/mol. The molecule has 104 valence electrons. The quantitative estimate of drug-likeness (QED) is 0.166. The van der Waals surface area contributed by atoms with Crippen molar-refractivity contribution in [3.05, 3.63) is 5.21 Å². The van der Waals surface area contributed by atoms with Crippen LogP contribution in [-0.4, -0.2) is 54.7 Å². The van der Waals surface area contributed by atoms with Crippen molar-refractivity contribution in [2.45, 2.75) is 12.8 Å². The van der Waals surface area contributed by atoms with Crippen molar-refractivity contribution in [1.29, 1.82) is 0 Å². The highest BCUT2D eigenvalue weighted by molar-refractivity contribution is 5.66. The second-order valence-corrected chi connectivity index (χ2v) is 3.06. The molecule has 0 atom stereocenters. The second-order valence-electron chi connectivity index (χ2n) is 3.06. The van der Waals surface area contributed by atoms with Crippen molar-refractivity contribution in [3.8, 4) is 0 Å². The number of carbonyl (C=O) groups is 2. The lowest BCUT2D eigenvalue weighted by atomic mass is 10.3. The highest BCUT2D eigenvalue weighted by Gasteiger charge is 2.08. The van der Waals surface area contributed by atoms with Gasteiger partial charge in [-0.25, -0.2) is 4.79 Å². The molecule has 0 aromatic heterocycles. The third kappa shape index (κ3) is 7.96. The first-order chi connectivity index (χ1) is 8.47. The zero-order chi connectivity index (χ0) is 14.0. The maximum Gasteiger partial charge on any atom is 0.510 e. The molecule has 0 aliphatic heterocycles. The van der Waals surface area contributed by atoms with E-state index in [1.807, 2.05) is 0 Å². The fraction of sp³-hybridized carbons (Fsp3) is 0.750. The molecule has 0 fully saturated rings. The monoisotopic (exact) mass is 265 g/mol. The molecule has 10 heteroatoms. The minimum atomic E-state index is -0.961. The van der Waals surface area contributed by atoms with Gasteiger partial charge in [0.1, 0.15) is 0 Å². The number of aliphatic carboxylic acids is 1. The Morgan fingerprint density at radius 3 is 2.72 bits per heavy atom. The molecule has 0 radical (unpaired) electrons. The van der Waals surface area contributed by atoms with E-state index in [0.717, 1.165) is 12.1 Å². The van der Waals surface area contributed by atoms with E-state index in [4.69, 9.17) is 5.11 Å². The predicted molar refractivity (Wildman–Crippen MR) is 55.0 cm³/mol. The Morgan fingerprint density at radius 2 is 2.17 bits per heavy atom. The summed E-state index contributed by atoms with van der Waals surface area (Å²) in [6, 6.07) is 0. The van der Waals surface area contributed by atoms with E-state index in [0.29, 0.717) is 6.42 Å². The first-order valence-corrected chi connectivity index (χ1v) is 4.91. The smallest absolute Gasteiger partial charge is 0.510 e. The Hall–Kier alpha value is -2.26. The van der Waals surface area contributed by atoms with Gasteiger partial charge in [0, 0.05) is 6.42 Å². The van der Waals surface area contributed by atoms with E-state index in [-0.39, 0.29) is 17.9 Å². The number of hydrazine groups is 1. The van der Waals surface area contributed by atoms with Gasteiger partial charge in [-0.05, 0) is 6.42 Å². The van der Waals surface area contributed by atoms with Gasteiger partial charge in [0.25, 0.3) is 6.79 Å². The van der Waals surface area contributed by atoms with Crippen LogP contribution in [0.4, 0.5) is 4.79 Å². The number of nitrogens with zero attached hydrogens (tertiary/aromatic N) is 3. The number of carboxylic acids is 1. The Morgan fingerprint density at radius 1 is 1.50 bits per heavy atom. The normalized spacial score (nSPS) is 10.7. The minimum absolute atomic E-state index is 0.0511. The Bertz CT molecular complexity index is 307. The van der Waals surface area contributed by atoms with Crippen molar-refractivity contribution in [1.82, 2.24) is 5.01 Å². The standard InChI is InChI=1S/C8H15N3O7/c1-10(5-3-4-7(12)13)11(15)9-18-6-17-8(14)16-2/h3-6H2,1-2H3,(H,12,13).